The van der Waals surface area contributed by atoms with E-state index in [1.54, 1.807) is 0 Å². The summed E-state index contributed by atoms with van der Waals surface area (Å²) >= 11 is 0. The van der Waals surface area contributed by atoms with E-state index >= 15 is 0 Å². The molecule has 0 unspecified atom stereocenters. The number of esters is 1. The summed E-state index contributed by atoms with van der Waals surface area (Å²) in [6.07, 6.45) is 10.0. The van der Waals surface area contributed by atoms with E-state index in [1.165, 1.54) is 12.5 Å². The molecule has 4 nitrogen and oxygen atoms in total. The largest absolute Gasteiger partial charge is 0.462 e. The van der Waals surface area contributed by atoms with E-state index in [1.807, 2.05) is 0 Å². The molecule has 0 radical (unpaired) electrons. The van der Waals surface area contributed by atoms with Crippen LogP contribution >= 0.6 is 0 Å². The molecule has 0 amide bonds. The van der Waals surface area contributed by atoms with Crippen LogP contribution in [0.25, 0.3) is 0 Å². The Bertz CT molecular complexity index is 694. The maximum Gasteiger partial charge on any atom is 0.302 e. The average Bonchev–Trinajstić information content (AvgIpc) is 2.87. The summed E-state index contributed by atoms with van der Waals surface area (Å²) in [6, 6.07) is 2.26. The minimum Gasteiger partial charge on any atom is -0.462 e. The number of hydrogen-bond acceptors (Lipinski definition) is 4. The Morgan fingerprint density at radius 3 is 2.65 bits per heavy atom. The molecule has 0 spiro atoms. The molecular weight excluding hydrogens is 326 g/mol. The summed E-state index contributed by atoms with van der Waals surface area (Å²) < 4.78 is 5.50. The molecule has 0 aromatic carbocycles. The van der Waals surface area contributed by atoms with Crippen LogP contribution in [-0.4, -0.2) is 22.8 Å². The second-order valence-corrected chi connectivity index (χ2v) is 9.70. The molecular formula is C22H31NO3. The first-order valence-corrected chi connectivity index (χ1v) is 10.2. The van der Waals surface area contributed by atoms with Crippen molar-refractivity contribution in [1.82, 2.24) is 0 Å². The highest BCUT2D eigenvalue weighted by Gasteiger charge is 2.64. The number of nitrogens with zero attached hydrogens (tertiary/aromatic N) is 1. The second kappa shape index (κ2) is 5.83. The number of fused-ring (bicyclic) bond motifs is 5. The fourth-order valence-electron chi connectivity index (χ4n) is 7.16. The summed E-state index contributed by atoms with van der Waals surface area (Å²) in [4.78, 5) is 11.3. The van der Waals surface area contributed by atoms with Crippen molar-refractivity contribution in [1.29, 1.82) is 5.26 Å². The first-order chi connectivity index (χ1) is 12.2. The number of nitriles is 1. The number of ether oxygens (including phenoxy) is 1. The van der Waals surface area contributed by atoms with Gasteiger partial charge in [-0.25, -0.2) is 0 Å². The lowest BCUT2D eigenvalue weighted by Gasteiger charge is -2.58. The fourth-order valence-corrected chi connectivity index (χ4v) is 7.16. The molecule has 0 saturated heterocycles. The van der Waals surface area contributed by atoms with Crippen molar-refractivity contribution in [2.45, 2.75) is 83.8 Å². The SMILES string of the molecule is CC(=O)O[C@H]1CC[C@@]2(C)C(=CC[C@H]3[C@H]2CC[C@@]2(C)[C@@H]3CC[C@@]2(O)C#N)C1. The lowest BCUT2D eigenvalue weighted by molar-refractivity contribution is -0.149. The number of rotatable bonds is 1. The highest BCUT2D eigenvalue weighted by molar-refractivity contribution is 5.66. The van der Waals surface area contributed by atoms with Crippen LogP contribution in [0.2, 0.25) is 0 Å². The molecule has 0 aromatic rings. The number of aliphatic hydroxyl groups is 1. The van der Waals surface area contributed by atoms with Crippen LogP contribution in [-0.2, 0) is 9.53 Å². The first kappa shape index (κ1) is 18.0. The molecule has 0 heterocycles. The third-order valence-corrected chi connectivity index (χ3v) is 8.73. The molecule has 4 aliphatic rings. The van der Waals surface area contributed by atoms with Gasteiger partial charge in [-0.15, -0.1) is 0 Å². The van der Waals surface area contributed by atoms with Gasteiger partial charge in [-0.05, 0) is 68.1 Å². The normalized spacial score (nSPS) is 49.9. The van der Waals surface area contributed by atoms with E-state index in [0.717, 1.165) is 44.9 Å². The molecule has 26 heavy (non-hydrogen) atoms. The molecule has 7 atom stereocenters. The van der Waals surface area contributed by atoms with E-state index in [2.05, 4.69) is 26.0 Å². The van der Waals surface area contributed by atoms with Gasteiger partial charge in [0.15, 0.2) is 5.60 Å². The average molecular weight is 357 g/mol. The molecule has 4 aliphatic carbocycles. The van der Waals surface area contributed by atoms with Crippen LogP contribution in [0.15, 0.2) is 11.6 Å². The van der Waals surface area contributed by atoms with Gasteiger partial charge in [0.25, 0.3) is 0 Å². The third-order valence-electron chi connectivity index (χ3n) is 8.73. The van der Waals surface area contributed by atoms with Crippen LogP contribution in [0.4, 0.5) is 0 Å². The Hall–Kier alpha value is -1.34. The molecule has 3 saturated carbocycles. The summed E-state index contributed by atoms with van der Waals surface area (Å²) in [7, 11) is 0. The summed E-state index contributed by atoms with van der Waals surface area (Å²) in [5, 5.41) is 20.5. The Kier molecular flexibility index (Phi) is 4.04. The smallest absolute Gasteiger partial charge is 0.302 e. The van der Waals surface area contributed by atoms with Crippen LogP contribution in [0.3, 0.4) is 0 Å². The van der Waals surface area contributed by atoms with Crippen molar-refractivity contribution < 1.29 is 14.6 Å². The van der Waals surface area contributed by atoms with Crippen molar-refractivity contribution in [3.63, 3.8) is 0 Å². The summed E-state index contributed by atoms with van der Waals surface area (Å²) in [5.74, 6) is 1.45. The Morgan fingerprint density at radius 2 is 1.96 bits per heavy atom. The van der Waals surface area contributed by atoms with Gasteiger partial charge in [-0.1, -0.05) is 25.5 Å². The van der Waals surface area contributed by atoms with Crippen LogP contribution in [0, 0.1) is 39.9 Å². The maximum absolute atomic E-state index is 11.3. The molecule has 4 rings (SSSR count). The second-order valence-electron chi connectivity index (χ2n) is 9.70. The zero-order valence-corrected chi connectivity index (χ0v) is 16.3. The Labute approximate surface area is 156 Å². The van der Waals surface area contributed by atoms with Crippen LogP contribution in [0.1, 0.15) is 72.1 Å². The van der Waals surface area contributed by atoms with Gasteiger partial charge >= 0.3 is 5.97 Å². The number of carbonyl (C=O) groups is 1. The Morgan fingerprint density at radius 1 is 1.23 bits per heavy atom. The monoisotopic (exact) mass is 357 g/mol. The lowest BCUT2D eigenvalue weighted by atomic mass is 9.47. The van der Waals surface area contributed by atoms with Crippen molar-refractivity contribution in [3.05, 3.63) is 11.6 Å². The quantitative estimate of drug-likeness (QED) is 0.435. The van der Waals surface area contributed by atoms with Gasteiger partial charge in [0.05, 0.1) is 6.07 Å². The van der Waals surface area contributed by atoms with E-state index in [9.17, 15) is 15.2 Å². The van der Waals surface area contributed by atoms with E-state index < -0.39 is 5.60 Å². The standard InChI is InChI=1S/C22H31NO3/c1-14(24)26-16-6-9-20(2)15(12-16)4-5-17-18(20)7-10-21(3)19(17)8-11-22(21,25)13-23/h4,16-19,25H,5-12H2,1-3H3/t16-,17-,18+,19+,20-,21-,22+/m0/s1. The lowest BCUT2D eigenvalue weighted by Crippen LogP contribution is -2.54. The van der Waals surface area contributed by atoms with E-state index in [0.29, 0.717) is 24.2 Å². The van der Waals surface area contributed by atoms with Crippen LogP contribution in [0.5, 0.6) is 0 Å². The molecule has 3 fully saturated rings. The minimum atomic E-state index is -1.15. The topological polar surface area (TPSA) is 70.3 Å². The number of hydrogen-bond donors (Lipinski definition) is 1. The van der Waals surface area contributed by atoms with Crippen molar-refractivity contribution in [3.8, 4) is 6.07 Å². The highest BCUT2D eigenvalue weighted by Crippen LogP contribution is 2.67. The van der Waals surface area contributed by atoms with Crippen molar-refractivity contribution >= 4 is 5.97 Å². The molecule has 0 bridgehead atoms. The van der Waals surface area contributed by atoms with Crippen molar-refractivity contribution in [2.24, 2.45) is 28.6 Å². The summed E-state index contributed by atoms with van der Waals surface area (Å²) in [6.45, 7) is 6.06. The van der Waals surface area contributed by atoms with E-state index in [-0.39, 0.29) is 22.9 Å². The molecule has 1 N–H and O–H groups in total. The van der Waals surface area contributed by atoms with E-state index in [4.69, 9.17) is 4.74 Å². The van der Waals surface area contributed by atoms with Gasteiger partial charge in [0.2, 0.25) is 0 Å². The molecule has 4 heteroatoms. The maximum atomic E-state index is 11.3. The Balaban J connectivity index is 1.61. The van der Waals surface area contributed by atoms with Crippen LogP contribution < -0.4 is 0 Å². The highest BCUT2D eigenvalue weighted by atomic mass is 16.5. The minimum absolute atomic E-state index is 0.0346. The number of carbonyl (C=O) groups excluding carboxylic acids is 1. The predicted molar refractivity (Wildman–Crippen MR) is 97.8 cm³/mol. The summed E-state index contributed by atoms with van der Waals surface area (Å²) in [5.41, 5.74) is 0.252. The van der Waals surface area contributed by atoms with Gasteiger partial charge in [-0.2, -0.15) is 5.26 Å². The fraction of sp³-hybridized carbons (Fsp3) is 0.818. The van der Waals surface area contributed by atoms with Gasteiger partial charge in [0, 0.05) is 18.8 Å². The molecule has 0 aliphatic heterocycles. The molecule has 0 aromatic heterocycles. The van der Waals surface area contributed by atoms with Gasteiger partial charge in [-0.3, -0.25) is 4.79 Å². The third kappa shape index (κ3) is 2.32. The predicted octanol–water partition coefficient (Wildman–Crippen LogP) is 4.14. The van der Waals surface area contributed by atoms with Gasteiger partial charge in [0.1, 0.15) is 6.10 Å². The first-order valence-electron chi connectivity index (χ1n) is 10.2. The molecule has 142 valence electrons. The zero-order valence-electron chi connectivity index (χ0n) is 16.3. The van der Waals surface area contributed by atoms with Gasteiger partial charge < -0.3 is 9.84 Å². The zero-order chi connectivity index (χ0) is 18.7. The van der Waals surface area contributed by atoms with Crippen molar-refractivity contribution in [2.75, 3.05) is 0 Å². The number of allylic oxidation sites excluding steroid dienone is 1.